The van der Waals surface area contributed by atoms with Gasteiger partial charge in [-0.05, 0) is 48.3 Å². The molecule has 0 spiro atoms. The zero-order valence-electron chi connectivity index (χ0n) is 9.52. The van der Waals surface area contributed by atoms with Crippen molar-refractivity contribution in [2.75, 3.05) is 13.1 Å². The molecule has 86 valence electrons. The molecule has 0 fully saturated rings. The van der Waals surface area contributed by atoms with Crippen LogP contribution < -0.4 is 5.32 Å². The molecule has 0 saturated heterocycles. The minimum Gasteiger partial charge on any atom is -0.315 e. The standard InChI is InChI=1S/C12H17N3S/c1-11-2-6-14-15(11)8-7-13-5-3-12-4-9-16-10-12/h2,4,6,9-10,13H,3,5,7-8H2,1H3. The zero-order valence-corrected chi connectivity index (χ0v) is 10.3. The number of thiophene rings is 1. The van der Waals surface area contributed by atoms with Crippen molar-refractivity contribution in [3.05, 3.63) is 40.3 Å². The van der Waals surface area contributed by atoms with Crippen molar-refractivity contribution in [1.29, 1.82) is 0 Å². The molecule has 0 atom stereocenters. The Hall–Kier alpha value is -1.13. The van der Waals surface area contributed by atoms with Gasteiger partial charge in [0.15, 0.2) is 0 Å². The van der Waals surface area contributed by atoms with E-state index in [9.17, 15) is 0 Å². The van der Waals surface area contributed by atoms with Crippen LogP contribution in [0.15, 0.2) is 29.1 Å². The van der Waals surface area contributed by atoms with Crippen LogP contribution in [0, 0.1) is 6.92 Å². The SMILES string of the molecule is Cc1ccnn1CCNCCc1ccsc1. The molecule has 2 heterocycles. The van der Waals surface area contributed by atoms with E-state index in [1.807, 2.05) is 16.9 Å². The molecule has 0 aromatic carbocycles. The Bertz CT molecular complexity index is 406. The van der Waals surface area contributed by atoms with Crippen LogP contribution in [-0.2, 0) is 13.0 Å². The van der Waals surface area contributed by atoms with Gasteiger partial charge in [-0.3, -0.25) is 4.68 Å². The molecule has 2 aromatic rings. The predicted octanol–water partition coefficient (Wildman–Crippen LogP) is 2.09. The van der Waals surface area contributed by atoms with Gasteiger partial charge in [0.1, 0.15) is 0 Å². The van der Waals surface area contributed by atoms with Crippen molar-refractivity contribution in [3.63, 3.8) is 0 Å². The largest absolute Gasteiger partial charge is 0.315 e. The van der Waals surface area contributed by atoms with Gasteiger partial charge in [0.25, 0.3) is 0 Å². The molecule has 0 saturated carbocycles. The van der Waals surface area contributed by atoms with E-state index in [4.69, 9.17) is 0 Å². The van der Waals surface area contributed by atoms with Gasteiger partial charge < -0.3 is 5.32 Å². The number of nitrogens with zero attached hydrogens (tertiary/aromatic N) is 2. The van der Waals surface area contributed by atoms with E-state index in [2.05, 4.69) is 34.2 Å². The fourth-order valence-corrected chi connectivity index (χ4v) is 2.31. The maximum Gasteiger partial charge on any atom is 0.0537 e. The molecule has 2 aromatic heterocycles. The summed E-state index contributed by atoms with van der Waals surface area (Å²) in [5, 5.41) is 12.0. The van der Waals surface area contributed by atoms with Gasteiger partial charge >= 0.3 is 0 Å². The Labute approximate surface area is 100 Å². The van der Waals surface area contributed by atoms with Crippen LogP contribution >= 0.6 is 11.3 Å². The lowest BCUT2D eigenvalue weighted by molar-refractivity contribution is 0.546. The minimum absolute atomic E-state index is 0.947. The second kappa shape index (κ2) is 5.82. The Morgan fingerprint density at radius 2 is 2.31 bits per heavy atom. The molecule has 0 aliphatic rings. The second-order valence-corrected chi connectivity index (χ2v) is 4.61. The Morgan fingerprint density at radius 1 is 1.38 bits per heavy atom. The lowest BCUT2D eigenvalue weighted by atomic mass is 10.2. The molecule has 2 rings (SSSR count). The molecule has 4 heteroatoms. The van der Waals surface area contributed by atoms with E-state index in [1.165, 1.54) is 11.3 Å². The van der Waals surface area contributed by atoms with E-state index in [0.29, 0.717) is 0 Å². The van der Waals surface area contributed by atoms with Crippen molar-refractivity contribution in [2.24, 2.45) is 0 Å². The minimum atomic E-state index is 0.947. The van der Waals surface area contributed by atoms with Gasteiger partial charge in [0.05, 0.1) is 6.54 Å². The second-order valence-electron chi connectivity index (χ2n) is 3.83. The summed E-state index contributed by atoms with van der Waals surface area (Å²) in [6, 6.07) is 4.22. The number of hydrogen-bond donors (Lipinski definition) is 1. The van der Waals surface area contributed by atoms with Gasteiger partial charge in [-0.1, -0.05) is 0 Å². The lowest BCUT2D eigenvalue weighted by Gasteiger charge is -2.05. The smallest absolute Gasteiger partial charge is 0.0537 e. The molecule has 3 nitrogen and oxygen atoms in total. The first kappa shape index (κ1) is 11.4. The van der Waals surface area contributed by atoms with Gasteiger partial charge in [-0.15, -0.1) is 0 Å². The van der Waals surface area contributed by atoms with Crippen LogP contribution in [0.2, 0.25) is 0 Å². The Balaban J connectivity index is 1.61. The van der Waals surface area contributed by atoms with Gasteiger partial charge in [-0.2, -0.15) is 16.4 Å². The van der Waals surface area contributed by atoms with Gasteiger partial charge in [0, 0.05) is 18.4 Å². The molecule has 0 aliphatic heterocycles. The average Bonchev–Trinajstić information content (AvgIpc) is 2.90. The quantitative estimate of drug-likeness (QED) is 0.777. The third-order valence-electron chi connectivity index (χ3n) is 2.60. The van der Waals surface area contributed by atoms with E-state index < -0.39 is 0 Å². The highest BCUT2D eigenvalue weighted by Crippen LogP contribution is 2.05. The summed E-state index contributed by atoms with van der Waals surface area (Å²) in [7, 11) is 0. The maximum atomic E-state index is 4.24. The lowest BCUT2D eigenvalue weighted by Crippen LogP contribution is -2.23. The molecule has 0 unspecified atom stereocenters. The number of nitrogens with one attached hydrogen (secondary N) is 1. The predicted molar refractivity (Wildman–Crippen MR) is 67.9 cm³/mol. The number of aromatic nitrogens is 2. The number of hydrogen-bond acceptors (Lipinski definition) is 3. The first-order valence-corrected chi connectivity index (χ1v) is 6.51. The molecular weight excluding hydrogens is 218 g/mol. The first-order valence-electron chi connectivity index (χ1n) is 5.56. The van der Waals surface area contributed by atoms with Crippen LogP contribution in [0.4, 0.5) is 0 Å². The summed E-state index contributed by atoms with van der Waals surface area (Å²) in [5.41, 5.74) is 2.65. The van der Waals surface area contributed by atoms with Crippen molar-refractivity contribution < 1.29 is 0 Å². The van der Waals surface area contributed by atoms with Crippen LogP contribution in [0.25, 0.3) is 0 Å². The summed E-state index contributed by atoms with van der Waals surface area (Å²) < 4.78 is 2.03. The van der Waals surface area contributed by atoms with E-state index in [-0.39, 0.29) is 0 Å². The van der Waals surface area contributed by atoms with Crippen LogP contribution in [0.3, 0.4) is 0 Å². The van der Waals surface area contributed by atoms with E-state index in [0.717, 1.165) is 26.1 Å². The molecule has 0 amide bonds. The monoisotopic (exact) mass is 235 g/mol. The normalized spacial score (nSPS) is 10.8. The molecule has 16 heavy (non-hydrogen) atoms. The molecular formula is C12H17N3S. The highest BCUT2D eigenvalue weighted by Gasteiger charge is 1.96. The summed E-state index contributed by atoms with van der Waals surface area (Å²) in [6.07, 6.45) is 2.96. The fourth-order valence-electron chi connectivity index (χ4n) is 1.61. The third kappa shape index (κ3) is 3.18. The topological polar surface area (TPSA) is 29.9 Å². The third-order valence-corrected chi connectivity index (χ3v) is 3.33. The summed E-state index contributed by atoms with van der Waals surface area (Å²) in [6.45, 7) is 5.05. The van der Waals surface area contributed by atoms with E-state index in [1.54, 1.807) is 11.3 Å². The summed E-state index contributed by atoms with van der Waals surface area (Å²) in [4.78, 5) is 0. The van der Waals surface area contributed by atoms with Crippen LogP contribution in [0.5, 0.6) is 0 Å². The van der Waals surface area contributed by atoms with Gasteiger partial charge in [0.2, 0.25) is 0 Å². The molecule has 0 radical (unpaired) electrons. The first-order chi connectivity index (χ1) is 7.86. The molecule has 1 N–H and O–H groups in total. The Kier molecular flexibility index (Phi) is 4.13. The maximum absolute atomic E-state index is 4.24. The average molecular weight is 235 g/mol. The van der Waals surface area contributed by atoms with Crippen molar-refractivity contribution in [1.82, 2.24) is 15.1 Å². The number of aryl methyl sites for hydroxylation is 1. The highest BCUT2D eigenvalue weighted by molar-refractivity contribution is 7.07. The number of rotatable bonds is 6. The fraction of sp³-hybridized carbons (Fsp3) is 0.417. The Morgan fingerprint density at radius 3 is 3.00 bits per heavy atom. The highest BCUT2D eigenvalue weighted by atomic mass is 32.1. The van der Waals surface area contributed by atoms with Crippen LogP contribution in [-0.4, -0.2) is 22.9 Å². The van der Waals surface area contributed by atoms with Gasteiger partial charge in [-0.25, -0.2) is 0 Å². The van der Waals surface area contributed by atoms with E-state index >= 15 is 0 Å². The van der Waals surface area contributed by atoms with Crippen LogP contribution in [0.1, 0.15) is 11.3 Å². The summed E-state index contributed by atoms with van der Waals surface area (Å²) >= 11 is 1.76. The zero-order chi connectivity index (χ0) is 11.2. The molecule has 0 bridgehead atoms. The van der Waals surface area contributed by atoms with Crippen molar-refractivity contribution in [2.45, 2.75) is 19.9 Å². The van der Waals surface area contributed by atoms with Crippen molar-refractivity contribution >= 4 is 11.3 Å². The molecule has 0 aliphatic carbocycles. The summed E-state index contributed by atoms with van der Waals surface area (Å²) in [5.74, 6) is 0. The van der Waals surface area contributed by atoms with Crippen molar-refractivity contribution in [3.8, 4) is 0 Å².